The summed E-state index contributed by atoms with van der Waals surface area (Å²) in [7, 11) is 0. The summed E-state index contributed by atoms with van der Waals surface area (Å²) in [5.41, 5.74) is 0.334. The minimum Gasteiger partial charge on any atom is -0.351 e. The second kappa shape index (κ2) is 4.71. The third-order valence-electron chi connectivity index (χ3n) is 1.36. The van der Waals surface area contributed by atoms with Crippen molar-refractivity contribution in [3.63, 3.8) is 0 Å². The van der Waals surface area contributed by atoms with Gasteiger partial charge in [-0.1, -0.05) is 0 Å². The Labute approximate surface area is 85.5 Å². The molecule has 14 heavy (non-hydrogen) atoms. The maximum absolute atomic E-state index is 11.3. The van der Waals surface area contributed by atoms with Crippen LogP contribution in [0, 0.1) is 0 Å². The van der Waals surface area contributed by atoms with Crippen molar-refractivity contribution < 1.29 is 9.59 Å². The van der Waals surface area contributed by atoms with Crippen molar-refractivity contribution >= 4 is 28.3 Å². The van der Waals surface area contributed by atoms with Crippen molar-refractivity contribution in [3.05, 3.63) is 11.1 Å². The topological polar surface area (TPSA) is 71.1 Å². The molecule has 0 aromatic carbocycles. The summed E-state index contributed by atoms with van der Waals surface area (Å²) in [6.45, 7) is 3.79. The summed E-state index contributed by atoms with van der Waals surface area (Å²) in [4.78, 5) is 25.9. The molecule has 6 heteroatoms. The van der Waals surface area contributed by atoms with Gasteiger partial charge in [0.25, 0.3) is 5.91 Å². The van der Waals surface area contributed by atoms with E-state index in [1.807, 2.05) is 6.92 Å². The number of carbonyl (C=O) groups excluding carboxylic acids is 2. The molecule has 0 aliphatic rings. The number of nitrogens with one attached hydrogen (secondary N) is 2. The lowest BCUT2D eigenvalue weighted by Gasteiger charge is -1.96. The second-order valence-corrected chi connectivity index (χ2v) is 3.44. The van der Waals surface area contributed by atoms with Gasteiger partial charge in [0.15, 0.2) is 5.13 Å². The zero-order valence-electron chi connectivity index (χ0n) is 7.96. The van der Waals surface area contributed by atoms with Crippen LogP contribution in [0.4, 0.5) is 5.13 Å². The number of rotatable bonds is 3. The molecular formula is C8H11N3O2S. The number of aromatic nitrogens is 1. The van der Waals surface area contributed by atoms with Crippen LogP contribution in [0.2, 0.25) is 0 Å². The van der Waals surface area contributed by atoms with Gasteiger partial charge in [-0.3, -0.25) is 9.59 Å². The van der Waals surface area contributed by atoms with Crippen molar-refractivity contribution in [1.29, 1.82) is 0 Å². The molecule has 2 amide bonds. The Morgan fingerprint density at radius 3 is 2.86 bits per heavy atom. The number of thiazole rings is 1. The van der Waals surface area contributed by atoms with E-state index in [1.165, 1.54) is 18.3 Å². The zero-order chi connectivity index (χ0) is 10.6. The Kier molecular flexibility index (Phi) is 3.58. The van der Waals surface area contributed by atoms with Crippen molar-refractivity contribution in [2.45, 2.75) is 13.8 Å². The van der Waals surface area contributed by atoms with Crippen LogP contribution in [-0.2, 0) is 4.79 Å². The molecule has 2 N–H and O–H groups in total. The van der Waals surface area contributed by atoms with Crippen LogP contribution < -0.4 is 10.6 Å². The van der Waals surface area contributed by atoms with Gasteiger partial charge in [-0.25, -0.2) is 4.98 Å². The summed E-state index contributed by atoms with van der Waals surface area (Å²) in [5, 5.41) is 7.18. The minimum absolute atomic E-state index is 0.193. The molecule has 0 saturated carbocycles. The molecule has 0 radical (unpaired) electrons. The highest BCUT2D eigenvalue weighted by molar-refractivity contribution is 7.14. The van der Waals surface area contributed by atoms with Crippen LogP contribution in [0.5, 0.6) is 0 Å². The molecule has 76 valence electrons. The molecule has 1 aromatic rings. The van der Waals surface area contributed by atoms with Gasteiger partial charge in [0.1, 0.15) is 5.69 Å². The van der Waals surface area contributed by atoms with E-state index >= 15 is 0 Å². The maximum atomic E-state index is 11.3. The fraction of sp³-hybridized carbons (Fsp3) is 0.375. The van der Waals surface area contributed by atoms with Crippen LogP contribution in [0.25, 0.3) is 0 Å². The van der Waals surface area contributed by atoms with Gasteiger partial charge in [0, 0.05) is 18.8 Å². The molecular weight excluding hydrogens is 202 g/mol. The highest BCUT2D eigenvalue weighted by atomic mass is 32.1. The first-order chi connectivity index (χ1) is 6.63. The van der Waals surface area contributed by atoms with Crippen molar-refractivity contribution in [2.75, 3.05) is 11.9 Å². The number of nitrogens with zero attached hydrogens (tertiary/aromatic N) is 1. The van der Waals surface area contributed by atoms with E-state index in [2.05, 4.69) is 15.6 Å². The van der Waals surface area contributed by atoms with Gasteiger partial charge in [-0.05, 0) is 6.92 Å². The summed E-state index contributed by atoms with van der Waals surface area (Å²) < 4.78 is 0. The average Bonchev–Trinajstić information content (AvgIpc) is 2.52. The van der Waals surface area contributed by atoms with Crippen molar-refractivity contribution in [2.24, 2.45) is 0 Å². The Hall–Kier alpha value is -1.43. The van der Waals surface area contributed by atoms with Gasteiger partial charge in [-0.15, -0.1) is 11.3 Å². The molecule has 0 saturated heterocycles. The van der Waals surface area contributed by atoms with Crippen LogP contribution in [0.3, 0.4) is 0 Å². The Morgan fingerprint density at radius 2 is 2.29 bits per heavy atom. The largest absolute Gasteiger partial charge is 0.351 e. The van der Waals surface area contributed by atoms with Crippen LogP contribution >= 0.6 is 11.3 Å². The first-order valence-electron chi connectivity index (χ1n) is 4.14. The van der Waals surface area contributed by atoms with Gasteiger partial charge >= 0.3 is 0 Å². The third kappa shape index (κ3) is 2.81. The molecule has 1 rings (SSSR count). The van der Waals surface area contributed by atoms with Gasteiger partial charge in [0.05, 0.1) is 0 Å². The molecule has 0 bridgehead atoms. The molecule has 0 spiro atoms. The summed E-state index contributed by atoms with van der Waals surface area (Å²) in [5.74, 6) is -0.415. The number of anilines is 1. The standard InChI is InChI=1S/C8H11N3O2S/c1-3-9-7(13)6-4-14-8(11-6)10-5(2)12/h4H,3H2,1-2H3,(H,9,13)(H,10,11,12). The van der Waals surface area contributed by atoms with Gasteiger partial charge in [-0.2, -0.15) is 0 Å². The fourth-order valence-electron chi connectivity index (χ4n) is 0.837. The quantitative estimate of drug-likeness (QED) is 0.782. The lowest BCUT2D eigenvalue weighted by Crippen LogP contribution is -2.23. The predicted octanol–water partition coefficient (Wildman–Crippen LogP) is 0.851. The normalized spacial score (nSPS) is 9.57. The number of carbonyl (C=O) groups is 2. The summed E-state index contributed by atoms with van der Waals surface area (Å²) in [6.07, 6.45) is 0. The third-order valence-corrected chi connectivity index (χ3v) is 2.11. The van der Waals surface area contributed by atoms with E-state index in [4.69, 9.17) is 0 Å². The molecule has 0 atom stereocenters. The smallest absolute Gasteiger partial charge is 0.270 e. The van der Waals surface area contributed by atoms with Crippen LogP contribution in [0.15, 0.2) is 5.38 Å². The van der Waals surface area contributed by atoms with E-state index in [-0.39, 0.29) is 11.8 Å². The SMILES string of the molecule is CCNC(=O)c1csc(NC(C)=O)n1. The molecule has 0 fully saturated rings. The van der Waals surface area contributed by atoms with Crippen LogP contribution in [-0.4, -0.2) is 23.3 Å². The lowest BCUT2D eigenvalue weighted by atomic mass is 10.4. The fourth-order valence-corrected chi connectivity index (χ4v) is 1.57. The van der Waals surface area contributed by atoms with Crippen molar-refractivity contribution in [1.82, 2.24) is 10.3 Å². The van der Waals surface area contributed by atoms with E-state index in [1.54, 1.807) is 5.38 Å². The highest BCUT2D eigenvalue weighted by Crippen LogP contribution is 2.14. The summed E-state index contributed by atoms with van der Waals surface area (Å²) >= 11 is 1.23. The Bertz CT molecular complexity index is 348. The van der Waals surface area contributed by atoms with E-state index in [0.29, 0.717) is 17.4 Å². The minimum atomic E-state index is -0.222. The van der Waals surface area contributed by atoms with E-state index in [9.17, 15) is 9.59 Å². The van der Waals surface area contributed by atoms with Crippen molar-refractivity contribution in [3.8, 4) is 0 Å². The lowest BCUT2D eigenvalue weighted by molar-refractivity contribution is -0.114. The number of amides is 2. The Balaban J connectivity index is 2.67. The molecule has 5 nitrogen and oxygen atoms in total. The average molecular weight is 213 g/mol. The molecule has 1 aromatic heterocycles. The summed E-state index contributed by atoms with van der Waals surface area (Å²) in [6, 6.07) is 0. The van der Waals surface area contributed by atoms with Crippen LogP contribution in [0.1, 0.15) is 24.3 Å². The van der Waals surface area contributed by atoms with Gasteiger partial charge in [0.2, 0.25) is 5.91 Å². The monoisotopic (exact) mass is 213 g/mol. The highest BCUT2D eigenvalue weighted by Gasteiger charge is 2.09. The second-order valence-electron chi connectivity index (χ2n) is 2.58. The number of hydrogen-bond acceptors (Lipinski definition) is 4. The predicted molar refractivity (Wildman–Crippen MR) is 54.4 cm³/mol. The molecule has 0 unspecified atom stereocenters. The van der Waals surface area contributed by atoms with E-state index in [0.717, 1.165) is 0 Å². The first-order valence-corrected chi connectivity index (χ1v) is 5.02. The maximum Gasteiger partial charge on any atom is 0.270 e. The molecule has 0 aliphatic heterocycles. The molecule has 1 heterocycles. The number of hydrogen-bond donors (Lipinski definition) is 2. The Morgan fingerprint density at radius 1 is 1.57 bits per heavy atom. The first kappa shape index (κ1) is 10.6. The zero-order valence-corrected chi connectivity index (χ0v) is 8.77. The van der Waals surface area contributed by atoms with E-state index < -0.39 is 0 Å². The van der Waals surface area contributed by atoms with Gasteiger partial charge < -0.3 is 10.6 Å². The molecule has 0 aliphatic carbocycles.